The number of aromatic amines is 1. The highest BCUT2D eigenvalue weighted by Gasteiger charge is 2.36. The Morgan fingerprint density at radius 2 is 1.91 bits per heavy atom. The molecule has 0 bridgehead atoms. The molecule has 1 amide bonds. The van der Waals surface area contributed by atoms with Crippen molar-refractivity contribution in [3.63, 3.8) is 0 Å². The molecule has 0 unspecified atom stereocenters. The summed E-state index contributed by atoms with van der Waals surface area (Å²) >= 11 is 6.10. The van der Waals surface area contributed by atoms with Gasteiger partial charge in [0.2, 0.25) is 5.76 Å². The van der Waals surface area contributed by atoms with Crippen LogP contribution in [-0.2, 0) is 16.0 Å². The smallest absolute Gasteiger partial charge is 0.309 e. The lowest BCUT2D eigenvalue weighted by Gasteiger charge is -2.30. The Morgan fingerprint density at radius 1 is 1.17 bits per heavy atom. The molecule has 9 heteroatoms. The fraction of sp³-hybridized carbons (Fsp3) is 0.346. The van der Waals surface area contributed by atoms with Crippen molar-refractivity contribution >= 4 is 23.5 Å². The van der Waals surface area contributed by atoms with Gasteiger partial charge < -0.3 is 19.7 Å². The van der Waals surface area contributed by atoms with Gasteiger partial charge in [-0.15, -0.1) is 0 Å². The van der Waals surface area contributed by atoms with Crippen LogP contribution in [0.1, 0.15) is 42.8 Å². The number of aliphatic carboxylic acids is 1. The van der Waals surface area contributed by atoms with Crippen molar-refractivity contribution in [2.24, 2.45) is 5.41 Å². The van der Waals surface area contributed by atoms with Crippen LogP contribution in [0, 0.1) is 5.41 Å². The van der Waals surface area contributed by atoms with Crippen LogP contribution in [0.15, 0.2) is 63.9 Å². The first-order chi connectivity index (χ1) is 16.7. The standard InChI is InChI=1S/C26H29ClN2O6/c1-3-34-12-11-26(2,25(32)33)16-21(28-24(31)22-15-23(30)29-35-22)13-17-7-9-18(10-8-17)19-5-4-6-20(27)14-19/h4-10,14-15,21H,3,11-13,16H2,1-2H3,(H,28,31)(H,29,30)(H,32,33)/t21-,26-/m1/s1. The van der Waals surface area contributed by atoms with Crippen LogP contribution < -0.4 is 10.9 Å². The number of carbonyl (C=O) groups excluding carboxylic acids is 1. The third-order valence-electron chi connectivity index (χ3n) is 5.89. The number of aromatic nitrogens is 1. The Labute approximate surface area is 208 Å². The fourth-order valence-corrected chi connectivity index (χ4v) is 4.08. The fourth-order valence-electron chi connectivity index (χ4n) is 3.89. The van der Waals surface area contributed by atoms with E-state index in [0.29, 0.717) is 24.7 Å². The van der Waals surface area contributed by atoms with Crippen LogP contribution >= 0.6 is 11.6 Å². The lowest BCUT2D eigenvalue weighted by Crippen LogP contribution is -2.43. The summed E-state index contributed by atoms with van der Waals surface area (Å²) in [6.07, 6.45) is 0.828. The molecule has 1 heterocycles. The van der Waals surface area contributed by atoms with Gasteiger partial charge in [-0.2, -0.15) is 5.16 Å². The Kier molecular flexibility index (Phi) is 8.89. The van der Waals surface area contributed by atoms with Crippen molar-refractivity contribution in [1.29, 1.82) is 0 Å². The van der Waals surface area contributed by atoms with Crippen molar-refractivity contribution in [3.8, 4) is 11.1 Å². The number of H-pyrrole nitrogens is 1. The second-order valence-electron chi connectivity index (χ2n) is 8.68. The van der Waals surface area contributed by atoms with Gasteiger partial charge in [0.05, 0.1) is 11.5 Å². The summed E-state index contributed by atoms with van der Waals surface area (Å²) < 4.78 is 10.3. The molecule has 1 aromatic heterocycles. The first kappa shape index (κ1) is 26.2. The van der Waals surface area contributed by atoms with Gasteiger partial charge in [0.25, 0.3) is 11.5 Å². The third-order valence-corrected chi connectivity index (χ3v) is 6.13. The number of benzene rings is 2. The van der Waals surface area contributed by atoms with E-state index in [1.165, 1.54) is 0 Å². The molecule has 0 aliphatic carbocycles. The molecular formula is C26H29ClN2O6. The molecular weight excluding hydrogens is 472 g/mol. The SMILES string of the molecule is CCOCC[C@](C)(C[C@@H](Cc1ccc(-c2cccc(Cl)c2)cc1)NC(=O)c1cc(=O)[nH]o1)C(=O)O. The molecule has 3 N–H and O–H groups in total. The molecule has 2 atom stereocenters. The molecule has 8 nitrogen and oxygen atoms in total. The van der Waals surface area contributed by atoms with Crippen LogP contribution in [-0.4, -0.2) is 41.4 Å². The number of carboxylic acids is 1. The topological polar surface area (TPSA) is 122 Å². The summed E-state index contributed by atoms with van der Waals surface area (Å²) in [6.45, 7) is 4.27. The van der Waals surface area contributed by atoms with E-state index in [4.69, 9.17) is 20.9 Å². The van der Waals surface area contributed by atoms with Crippen LogP contribution in [0.3, 0.4) is 0 Å². The van der Waals surface area contributed by atoms with Crippen LogP contribution in [0.4, 0.5) is 0 Å². The van der Waals surface area contributed by atoms with E-state index in [1.54, 1.807) is 6.92 Å². The third kappa shape index (κ3) is 7.31. The maximum Gasteiger partial charge on any atom is 0.309 e. The monoisotopic (exact) mass is 500 g/mol. The molecule has 3 aromatic rings. The number of carbonyl (C=O) groups is 2. The summed E-state index contributed by atoms with van der Waals surface area (Å²) in [7, 11) is 0. The van der Waals surface area contributed by atoms with Crippen LogP contribution in [0.25, 0.3) is 11.1 Å². The lowest BCUT2D eigenvalue weighted by atomic mass is 9.79. The quantitative estimate of drug-likeness (QED) is 0.314. The van der Waals surface area contributed by atoms with Crippen molar-refractivity contribution in [3.05, 3.63) is 81.3 Å². The molecule has 0 spiro atoms. The zero-order chi connectivity index (χ0) is 25.4. The Balaban J connectivity index is 1.81. The van der Waals surface area contributed by atoms with E-state index in [9.17, 15) is 19.5 Å². The number of carboxylic acid groups (broad SMARTS) is 1. The normalized spacial score (nSPS) is 13.7. The maximum atomic E-state index is 12.7. The largest absolute Gasteiger partial charge is 0.481 e. The van der Waals surface area contributed by atoms with Gasteiger partial charge in [-0.3, -0.25) is 14.4 Å². The Morgan fingerprint density at radius 3 is 2.51 bits per heavy atom. The second-order valence-corrected chi connectivity index (χ2v) is 9.11. The van der Waals surface area contributed by atoms with Gasteiger partial charge in [-0.1, -0.05) is 48.0 Å². The maximum absolute atomic E-state index is 12.7. The highest BCUT2D eigenvalue weighted by Crippen LogP contribution is 2.30. The molecule has 0 aliphatic heterocycles. The minimum atomic E-state index is -1.13. The van der Waals surface area contributed by atoms with Crippen molar-refractivity contribution in [2.75, 3.05) is 13.2 Å². The summed E-state index contributed by atoms with van der Waals surface area (Å²) in [5.74, 6) is -1.73. The highest BCUT2D eigenvalue weighted by atomic mass is 35.5. The predicted molar refractivity (Wildman–Crippen MR) is 133 cm³/mol. The molecule has 0 radical (unpaired) electrons. The Bertz CT molecular complexity index is 1200. The number of amides is 1. The van der Waals surface area contributed by atoms with Crippen molar-refractivity contribution < 1.29 is 24.0 Å². The Hall–Kier alpha value is -3.36. The highest BCUT2D eigenvalue weighted by molar-refractivity contribution is 6.30. The molecule has 35 heavy (non-hydrogen) atoms. The molecule has 186 valence electrons. The molecule has 2 aromatic carbocycles. The number of rotatable bonds is 12. The zero-order valence-electron chi connectivity index (χ0n) is 19.7. The number of hydrogen-bond donors (Lipinski definition) is 3. The zero-order valence-corrected chi connectivity index (χ0v) is 20.4. The summed E-state index contributed by atoms with van der Waals surface area (Å²) in [4.78, 5) is 36.2. The minimum absolute atomic E-state index is 0.159. The van der Waals surface area contributed by atoms with Gasteiger partial charge in [0, 0.05) is 24.3 Å². The number of nitrogens with one attached hydrogen (secondary N) is 2. The van der Waals surface area contributed by atoms with E-state index >= 15 is 0 Å². The van der Waals surface area contributed by atoms with Crippen LogP contribution in [0.2, 0.25) is 5.02 Å². The number of ether oxygens (including phenoxy) is 1. The van der Waals surface area contributed by atoms with Crippen molar-refractivity contribution in [2.45, 2.75) is 39.2 Å². The summed E-state index contributed by atoms with van der Waals surface area (Å²) in [5.41, 5.74) is 1.21. The average Bonchev–Trinajstić information content (AvgIpc) is 3.26. The van der Waals surface area contributed by atoms with Gasteiger partial charge in [-0.25, -0.2) is 0 Å². The number of hydrogen-bond acceptors (Lipinski definition) is 5. The second kappa shape index (κ2) is 11.9. The van der Waals surface area contributed by atoms with Gasteiger partial charge in [0.1, 0.15) is 0 Å². The van der Waals surface area contributed by atoms with Gasteiger partial charge in [0.15, 0.2) is 0 Å². The molecule has 3 rings (SSSR count). The first-order valence-corrected chi connectivity index (χ1v) is 11.7. The van der Waals surface area contributed by atoms with Gasteiger partial charge >= 0.3 is 5.97 Å². The van der Waals surface area contributed by atoms with Gasteiger partial charge in [-0.05, 0) is 61.9 Å². The van der Waals surface area contributed by atoms with E-state index in [2.05, 4.69) is 10.5 Å². The van der Waals surface area contributed by atoms with E-state index in [-0.39, 0.29) is 18.6 Å². The summed E-state index contributed by atoms with van der Waals surface area (Å²) in [6, 6.07) is 15.8. The molecule has 0 aliphatic rings. The summed E-state index contributed by atoms with van der Waals surface area (Å²) in [5, 5.41) is 15.5. The average molecular weight is 501 g/mol. The van der Waals surface area contributed by atoms with E-state index in [1.807, 2.05) is 55.5 Å². The lowest BCUT2D eigenvalue weighted by molar-refractivity contribution is -0.150. The van der Waals surface area contributed by atoms with Crippen molar-refractivity contribution in [1.82, 2.24) is 10.5 Å². The van der Waals surface area contributed by atoms with E-state index in [0.717, 1.165) is 22.8 Å². The van der Waals surface area contributed by atoms with E-state index < -0.39 is 28.9 Å². The molecule has 0 saturated carbocycles. The van der Waals surface area contributed by atoms with Crippen LogP contribution in [0.5, 0.6) is 0 Å². The first-order valence-electron chi connectivity index (χ1n) is 11.4. The predicted octanol–water partition coefficient (Wildman–Crippen LogP) is 4.54. The molecule has 0 saturated heterocycles. The molecule has 0 fully saturated rings. The minimum Gasteiger partial charge on any atom is -0.481 e. The number of halogens is 1.